The van der Waals surface area contributed by atoms with Crippen molar-refractivity contribution in [3.63, 3.8) is 0 Å². The zero-order valence-corrected chi connectivity index (χ0v) is 15.6. The number of esters is 1. The van der Waals surface area contributed by atoms with Gasteiger partial charge in [0.1, 0.15) is 11.5 Å². The summed E-state index contributed by atoms with van der Waals surface area (Å²) in [4.78, 5) is 38.5. The zero-order valence-electron chi connectivity index (χ0n) is 15.6. The summed E-state index contributed by atoms with van der Waals surface area (Å²) < 4.78 is 10.4. The van der Waals surface area contributed by atoms with E-state index in [0.29, 0.717) is 5.75 Å². The molecule has 0 fully saturated rings. The molecule has 0 spiro atoms. The van der Waals surface area contributed by atoms with Crippen LogP contribution in [0.4, 0.5) is 0 Å². The molecule has 0 saturated heterocycles. The maximum absolute atomic E-state index is 13.0. The second kappa shape index (κ2) is 8.84. The Morgan fingerprint density at radius 1 is 0.759 bits per heavy atom. The van der Waals surface area contributed by atoms with Gasteiger partial charge >= 0.3 is 5.97 Å². The Balaban J connectivity index is 1.96. The van der Waals surface area contributed by atoms with Crippen LogP contribution < -0.4 is 4.74 Å². The van der Waals surface area contributed by atoms with Crippen LogP contribution in [0.2, 0.25) is 0 Å². The third kappa shape index (κ3) is 4.50. The van der Waals surface area contributed by atoms with Crippen molar-refractivity contribution in [1.29, 1.82) is 0 Å². The summed E-state index contributed by atoms with van der Waals surface area (Å²) in [6.07, 6.45) is -1.75. The van der Waals surface area contributed by atoms with Gasteiger partial charge in [0.2, 0.25) is 17.7 Å². The molecule has 0 aliphatic rings. The smallest absolute Gasteiger partial charge is 0.339 e. The third-order valence-corrected chi connectivity index (χ3v) is 4.25. The number of Topliss-reactive ketones (excluding diaryl/α,β-unsaturated/α-hetero) is 2. The number of benzene rings is 3. The van der Waals surface area contributed by atoms with E-state index in [4.69, 9.17) is 9.47 Å². The number of aromatic hydroxyl groups is 1. The highest BCUT2D eigenvalue weighted by atomic mass is 16.6. The first-order chi connectivity index (χ1) is 14.0. The highest BCUT2D eigenvalue weighted by Gasteiger charge is 2.34. The Morgan fingerprint density at radius 2 is 1.38 bits per heavy atom. The summed E-state index contributed by atoms with van der Waals surface area (Å²) in [5, 5.41) is 10.0. The topological polar surface area (TPSA) is 89.9 Å². The van der Waals surface area contributed by atoms with E-state index < -0.39 is 23.6 Å². The number of ketones is 2. The fraction of sp³-hybridized carbons (Fsp3) is 0.0870. The molecule has 6 heteroatoms. The molecule has 1 unspecified atom stereocenters. The lowest BCUT2D eigenvalue weighted by atomic mass is 9.97. The summed E-state index contributed by atoms with van der Waals surface area (Å²) in [7, 11) is 1.49. The van der Waals surface area contributed by atoms with Gasteiger partial charge < -0.3 is 14.6 Å². The van der Waals surface area contributed by atoms with Gasteiger partial charge in [0.05, 0.1) is 18.2 Å². The number of hydrogen-bond donors (Lipinski definition) is 1. The average molecular weight is 390 g/mol. The molecule has 0 aliphatic carbocycles. The fourth-order valence-electron chi connectivity index (χ4n) is 2.71. The Morgan fingerprint density at radius 3 is 2.00 bits per heavy atom. The van der Waals surface area contributed by atoms with Crippen LogP contribution in [0, 0.1) is 0 Å². The second-order valence-electron chi connectivity index (χ2n) is 6.13. The average Bonchev–Trinajstić information content (AvgIpc) is 2.77. The number of methoxy groups -OCH3 is 1. The fourth-order valence-corrected chi connectivity index (χ4v) is 2.71. The van der Waals surface area contributed by atoms with E-state index in [1.807, 2.05) is 0 Å². The van der Waals surface area contributed by atoms with Gasteiger partial charge in [-0.2, -0.15) is 0 Å². The van der Waals surface area contributed by atoms with E-state index in [-0.39, 0.29) is 22.4 Å². The normalized spacial score (nSPS) is 11.3. The molecule has 0 bridgehead atoms. The number of hydrogen-bond acceptors (Lipinski definition) is 6. The molecular formula is C23H18O6. The molecule has 0 aliphatic heterocycles. The first-order valence-electron chi connectivity index (χ1n) is 8.77. The number of para-hydroxylation sites is 1. The molecule has 1 atom stereocenters. The zero-order chi connectivity index (χ0) is 20.8. The highest BCUT2D eigenvalue weighted by molar-refractivity contribution is 6.20. The van der Waals surface area contributed by atoms with Crippen molar-refractivity contribution < 1.29 is 29.0 Å². The van der Waals surface area contributed by atoms with E-state index in [0.717, 1.165) is 0 Å². The summed E-state index contributed by atoms with van der Waals surface area (Å²) >= 11 is 0. The number of phenolic OH excluding ortho intramolecular Hbond substituents is 1. The van der Waals surface area contributed by atoms with Crippen LogP contribution in [0.15, 0.2) is 78.9 Å². The van der Waals surface area contributed by atoms with Crippen LogP contribution >= 0.6 is 0 Å². The highest BCUT2D eigenvalue weighted by Crippen LogP contribution is 2.22. The van der Waals surface area contributed by atoms with E-state index >= 15 is 0 Å². The predicted octanol–water partition coefficient (Wildman–Crippen LogP) is 3.69. The number of phenols is 1. The SMILES string of the molecule is COc1ccc(C(=O)C(OC(=O)c2ccccc2)C(=O)c2ccccc2O)cc1. The first-order valence-corrected chi connectivity index (χ1v) is 8.77. The van der Waals surface area contributed by atoms with Crippen molar-refractivity contribution >= 4 is 17.5 Å². The van der Waals surface area contributed by atoms with E-state index in [9.17, 15) is 19.5 Å². The van der Waals surface area contributed by atoms with Gasteiger partial charge in [0.15, 0.2) is 0 Å². The molecule has 146 valence electrons. The van der Waals surface area contributed by atoms with E-state index in [1.165, 1.54) is 43.5 Å². The van der Waals surface area contributed by atoms with Crippen molar-refractivity contribution in [3.05, 3.63) is 95.6 Å². The van der Waals surface area contributed by atoms with Crippen molar-refractivity contribution in [2.75, 3.05) is 7.11 Å². The van der Waals surface area contributed by atoms with Crippen molar-refractivity contribution in [1.82, 2.24) is 0 Å². The van der Waals surface area contributed by atoms with Gasteiger partial charge in [0.25, 0.3) is 0 Å². The molecule has 6 nitrogen and oxygen atoms in total. The molecule has 3 rings (SSSR count). The lowest BCUT2D eigenvalue weighted by Gasteiger charge is -2.17. The van der Waals surface area contributed by atoms with Gasteiger partial charge in [-0.1, -0.05) is 30.3 Å². The monoisotopic (exact) mass is 390 g/mol. The Hall–Kier alpha value is -3.93. The molecule has 0 heterocycles. The molecule has 29 heavy (non-hydrogen) atoms. The van der Waals surface area contributed by atoms with Crippen molar-refractivity contribution in [2.45, 2.75) is 6.10 Å². The van der Waals surface area contributed by atoms with Crippen LogP contribution in [-0.4, -0.2) is 35.9 Å². The van der Waals surface area contributed by atoms with Crippen LogP contribution in [-0.2, 0) is 4.74 Å². The number of ether oxygens (including phenoxy) is 2. The molecule has 0 amide bonds. The summed E-state index contributed by atoms with van der Waals surface area (Å²) in [5.41, 5.74) is 0.255. The minimum absolute atomic E-state index is 0.111. The summed E-state index contributed by atoms with van der Waals surface area (Å²) in [6.45, 7) is 0. The minimum Gasteiger partial charge on any atom is -0.507 e. The molecular weight excluding hydrogens is 372 g/mol. The maximum Gasteiger partial charge on any atom is 0.339 e. The van der Waals surface area contributed by atoms with E-state index in [1.54, 1.807) is 42.5 Å². The van der Waals surface area contributed by atoms with Gasteiger partial charge in [0, 0.05) is 5.56 Å². The minimum atomic E-state index is -1.75. The molecule has 0 aromatic heterocycles. The van der Waals surface area contributed by atoms with Crippen LogP contribution in [0.25, 0.3) is 0 Å². The number of carbonyl (C=O) groups excluding carboxylic acids is 3. The third-order valence-electron chi connectivity index (χ3n) is 4.25. The Labute approximate surface area is 167 Å². The van der Waals surface area contributed by atoms with Crippen LogP contribution in [0.5, 0.6) is 11.5 Å². The van der Waals surface area contributed by atoms with Gasteiger partial charge in [-0.05, 0) is 48.5 Å². The summed E-state index contributed by atoms with van der Waals surface area (Å²) in [6, 6.07) is 19.9. The maximum atomic E-state index is 13.0. The number of rotatable bonds is 7. The number of carbonyl (C=O) groups is 3. The second-order valence-corrected chi connectivity index (χ2v) is 6.13. The Bertz CT molecular complexity index is 1020. The molecule has 3 aromatic carbocycles. The van der Waals surface area contributed by atoms with Gasteiger partial charge in [-0.15, -0.1) is 0 Å². The molecule has 0 radical (unpaired) electrons. The van der Waals surface area contributed by atoms with Crippen molar-refractivity contribution in [2.24, 2.45) is 0 Å². The quantitative estimate of drug-likeness (QED) is 0.376. The van der Waals surface area contributed by atoms with Gasteiger partial charge in [-0.25, -0.2) is 4.79 Å². The molecule has 0 saturated carbocycles. The Kier molecular flexibility index (Phi) is 6.04. The van der Waals surface area contributed by atoms with E-state index in [2.05, 4.69) is 0 Å². The standard InChI is InChI=1S/C23H18O6/c1-28-17-13-11-15(12-14-17)20(25)22(21(26)18-9-5-6-10-19(18)24)29-23(27)16-7-3-2-4-8-16/h2-14,22,24H,1H3. The summed E-state index contributed by atoms with van der Waals surface area (Å²) in [5.74, 6) is -2.10. The lowest BCUT2D eigenvalue weighted by Crippen LogP contribution is -2.35. The van der Waals surface area contributed by atoms with Crippen LogP contribution in [0.3, 0.4) is 0 Å². The largest absolute Gasteiger partial charge is 0.507 e. The molecule has 1 N–H and O–H groups in total. The van der Waals surface area contributed by atoms with Gasteiger partial charge in [-0.3, -0.25) is 9.59 Å². The first kappa shape index (κ1) is 19.8. The lowest BCUT2D eigenvalue weighted by molar-refractivity contribution is 0.0273. The predicted molar refractivity (Wildman–Crippen MR) is 105 cm³/mol. The van der Waals surface area contributed by atoms with Crippen LogP contribution in [0.1, 0.15) is 31.1 Å². The van der Waals surface area contributed by atoms with Crippen molar-refractivity contribution in [3.8, 4) is 11.5 Å². The molecule has 3 aromatic rings.